The van der Waals surface area contributed by atoms with Crippen LogP contribution in [-0.4, -0.2) is 18.0 Å². The summed E-state index contributed by atoms with van der Waals surface area (Å²) in [4.78, 5) is 12.1. The average molecular weight is 264 g/mol. The van der Waals surface area contributed by atoms with E-state index in [0.717, 1.165) is 24.4 Å². The number of rotatable bonds is 5. The number of hydrogen-bond acceptors (Lipinski definition) is 3. The van der Waals surface area contributed by atoms with Crippen LogP contribution in [0.5, 0.6) is 0 Å². The summed E-state index contributed by atoms with van der Waals surface area (Å²) in [5.74, 6) is 1.85. The van der Waals surface area contributed by atoms with E-state index in [0.29, 0.717) is 6.04 Å². The Morgan fingerprint density at radius 3 is 2.58 bits per heavy atom. The van der Waals surface area contributed by atoms with Gasteiger partial charge < -0.3 is 9.73 Å². The number of carbonyl (C=O) groups is 1. The number of amides is 1. The molecule has 1 aromatic heterocycles. The average Bonchev–Trinajstić information content (AvgIpc) is 3.00. The summed E-state index contributed by atoms with van der Waals surface area (Å²) in [6, 6.07) is 4.10. The van der Waals surface area contributed by atoms with Crippen molar-refractivity contribution in [2.24, 2.45) is 0 Å². The third kappa shape index (κ3) is 3.83. The van der Waals surface area contributed by atoms with Crippen LogP contribution in [0.25, 0.3) is 0 Å². The largest absolute Gasteiger partial charge is 0.465 e. The molecule has 4 nitrogen and oxygen atoms in total. The molecular weight excluding hydrogens is 240 g/mol. The first kappa shape index (κ1) is 14.1. The molecule has 0 aliphatic heterocycles. The zero-order valence-electron chi connectivity index (χ0n) is 12.0. The van der Waals surface area contributed by atoms with Crippen LogP contribution in [0.3, 0.4) is 0 Å². The Morgan fingerprint density at radius 2 is 2.00 bits per heavy atom. The maximum Gasteiger partial charge on any atom is 0.237 e. The Labute approximate surface area is 114 Å². The molecule has 2 N–H and O–H groups in total. The van der Waals surface area contributed by atoms with Crippen molar-refractivity contribution in [2.75, 3.05) is 0 Å². The van der Waals surface area contributed by atoms with Gasteiger partial charge in [-0.2, -0.15) is 0 Å². The fourth-order valence-corrected chi connectivity index (χ4v) is 2.62. The van der Waals surface area contributed by atoms with Crippen LogP contribution in [0.2, 0.25) is 0 Å². The molecule has 1 heterocycles. The van der Waals surface area contributed by atoms with Gasteiger partial charge in [-0.3, -0.25) is 10.1 Å². The molecule has 1 aliphatic carbocycles. The molecule has 1 aliphatic rings. The molecule has 1 fully saturated rings. The van der Waals surface area contributed by atoms with Crippen molar-refractivity contribution in [3.63, 3.8) is 0 Å². The van der Waals surface area contributed by atoms with E-state index < -0.39 is 0 Å². The van der Waals surface area contributed by atoms with Crippen molar-refractivity contribution in [1.82, 2.24) is 10.6 Å². The highest BCUT2D eigenvalue weighted by atomic mass is 16.3. The molecule has 106 valence electrons. The van der Waals surface area contributed by atoms with Gasteiger partial charge in [-0.25, -0.2) is 0 Å². The molecule has 1 saturated carbocycles. The Morgan fingerprint density at radius 1 is 1.32 bits per heavy atom. The lowest BCUT2D eigenvalue weighted by molar-refractivity contribution is -0.123. The quantitative estimate of drug-likeness (QED) is 0.859. The minimum absolute atomic E-state index is 0.0398. The number of aryl methyl sites for hydroxylation is 1. The fraction of sp³-hybridized carbons (Fsp3) is 0.667. The zero-order chi connectivity index (χ0) is 13.8. The zero-order valence-corrected chi connectivity index (χ0v) is 12.0. The third-order valence-electron chi connectivity index (χ3n) is 3.78. The van der Waals surface area contributed by atoms with Gasteiger partial charge in [-0.1, -0.05) is 12.8 Å². The first-order valence-corrected chi connectivity index (χ1v) is 7.19. The van der Waals surface area contributed by atoms with Gasteiger partial charge in [-0.05, 0) is 45.7 Å². The Balaban J connectivity index is 1.82. The van der Waals surface area contributed by atoms with Gasteiger partial charge >= 0.3 is 0 Å². The summed E-state index contributed by atoms with van der Waals surface area (Å²) in [7, 11) is 0. The van der Waals surface area contributed by atoms with Crippen molar-refractivity contribution in [1.29, 1.82) is 0 Å². The molecule has 0 aromatic carbocycles. The predicted molar refractivity (Wildman–Crippen MR) is 74.9 cm³/mol. The highest BCUT2D eigenvalue weighted by Crippen LogP contribution is 2.18. The molecule has 4 heteroatoms. The minimum atomic E-state index is -0.207. The van der Waals surface area contributed by atoms with Crippen molar-refractivity contribution in [3.05, 3.63) is 23.7 Å². The van der Waals surface area contributed by atoms with Crippen LogP contribution in [0.4, 0.5) is 0 Å². The molecular formula is C15H24N2O2. The van der Waals surface area contributed by atoms with E-state index in [9.17, 15) is 4.79 Å². The maximum atomic E-state index is 12.1. The summed E-state index contributed by atoms with van der Waals surface area (Å²) in [6.07, 6.45) is 4.69. The molecule has 1 amide bonds. The second-order valence-electron chi connectivity index (χ2n) is 5.55. The maximum absolute atomic E-state index is 12.1. The van der Waals surface area contributed by atoms with Gasteiger partial charge in [0.15, 0.2) is 0 Å². The first-order chi connectivity index (χ1) is 9.06. The van der Waals surface area contributed by atoms with E-state index in [4.69, 9.17) is 4.42 Å². The lowest BCUT2D eigenvalue weighted by Gasteiger charge is -2.20. The molecule has 2 atom stereocenters. The van der Waals surface area contributed by atoms with E-state index in [1.807, 2.05) is 32.9 Å². The SMILES string of the molecule is Cc1ccc(C(C)NC(C)C(=O)NC2CCCC2)o1. The standard InChI is InChI=1S/C15H24N2O2/c1-10-8-9-14(19-10)11(2)16-12(3)15(18)17-13-6-4-5-7-13/h8-9,11-13,16H,4-7H2,1-3H3,(H,17,18). The van der Waals surface area contributed by atoms with Crippen LogP contribution in [-0.2, 0) is 4.79 Å². The Hall–Kier alpha value is -1.29. The Bertz CT molecular complexity index is 422. The Kier molecular flexibility index (Phi) is 4.64. The van der Waals surface area contributed by atoms with Crippen LogP contribution < -0.4 is 10.6 Å². The summed E-state index contributed by atoms with van der Waals surface area (Å²) in [5.41, 5.74) is 0. The summed E-state index contributed by atoms with van der Waals surface area (Å²) in [6.45, 7) is 5.83. The molecule has 0 radical (unpaired) electrons. The highest BCUT2D eigenvalue weighted by molar-refractivity contribution is 5.81. The summed E-state index contributed by atoms with van der Waals surface area (Å²) < 4.78 is 5.57. The molecule has 2 rings (SSSR count). The highest BCUT2D eigenvalue weighted by Gasteiger charge is 2.22. The van der Waals surface area contributed by atoms with Gasteiger partial charge in [0.25, 0.3) is 0 Å². The third-order valence-corrected chi connectivity index (χ3v) is 3.78. The lowest BCUT2D eigenvalue weighted by Crippen LogP contribution is -2.46. The van der Waals surface area contributed by atoms with Crippen LogP contribution in [0.1, 0.15) is 57.1 Å². The smallest absolute Gasteiger partial charge is 0.237 e. The molecule has 0 bridgehead atoms. The van der Waals surface area contributed by atoms with Gasteiger partial charge in [0, 0.05) is 6.04 Å². The van der Waals surface area contributed by atoms with Crippen LogP contribution in [0, 0.1) is 6.92 Å². The van der Waals surface area contributed by atoms with Crippen LogP contribution >= 0.6 is 0 Å². The fourth-order valence-electron chi connectivity index (χ4n) is 2.62. The van der Waals surface area contributed by atoms with Gasteiger partial charge in [0.1, 0.15) is 11.5 Å². The van der Waals surface area contributed by atoms with Gasteiger partial charge in [-0.15, -0.1) is 0 Å². The van der Waals surface area contributed by atoms with E-state index in [1.165, 1.54) is 12.8 Å². The van der Waals surface area contributed by atoms with Crippen molar-refractivity contribution in [3.8, 4) is 0 Å². The lowest BCUT2D eigenvalue weighted by atomic mass is 10.2. The molecule has 0 spiro atoms. The summed E-state index contributed by atoms with van der Waals surface area (Å²) >= 11 is 0. The van der Waals surface area contributed by atoms with E-state index in [1.54, 1.807) is 0 Å². The van der Waals surface area contributed by atoms with Gasteiger partial charge in [0.05, 0.1) is 12.1 Å². The molecule has 0 saturated heterocycles. The van der Waals surface area contributed by atoms with Crippen LogP contribution in [0.15, 0.2) is 16.5 Å². The second-order valence-corrected chi connectivity index (χ2v) is 5.55. The van der Waals surface area contributed by atoms with E-state index in [2.05, 4.69) is 10.6 Å². The topological polar surface area (TPSA) is 54.3 Å². The molecule has 2 unspecified atom stereocenters. The first-order valence-electron chi connectivity index (χ1n) is 7.19. The van der Waals surface area contributed by atoms with Gasteiger partial charge in [0.2, 0.25) is 5.91 Å². The number of nitrogens with one attached hydrogen (secondary N) is 2. The van der Waals surface area contributed by atoms with Crippen molar-refractivity contribution in [2.45, 2.75) is 64.6 Å². The second kappa shape index (κ2) is 6.24. The number of furan rings is 1. The van der Waals surface area contributed by atoms with Crippen molar-refractivity contribution >= 4 is 5.91 Å². The molecule has 19 heavy (non-hydrogen) atoms. The minimum Gasteiger partial charge on any atom is -0.465 e. The van der Waals surface area contributed by atoms with Crippen molar-refractivity contribution < 1.29 is 9.21 Å². The summed E-state index contributed by atoms with van der Waals surface area (Å²) in [5, 5.41) is 6.39. The predicted octanol–water partition coefficient (Wildman–Crippen LogP) is 2.69. The molecule has 1 aromatic rings. The normalized spacial score (nSPS) is 19.3. The monoisotopic (exact) mass is 264 g/mol. The number of hydrogen-bond donors (Lipinski definition) is 2. The number of carbonyl (C=O) groups excluding carboxylic acids is 1. The van der Waals surface area contributed by atoms with E-state index in [-0.39, 0.29) is 18.0 Å². The van der Waals surface area contributed by atoms with E-state index >= 15 is 0 Å².